The summed E-state index contributed by atoms with van der Waals surface area (Å²) in [5.74, 6) is 9.81. The van der Waals surface area contributed by atoms with Gasteiger partial charge in [0.25, 0.3) is 0 Å². The van der Waals surface area contributed by atoms with E-state index in [-0.39, 0.29) is 0 Å². The zero-order chi connectivity index (χ0) is 13.6. The lowest BCUT2D eigenvalue weighted by Crippen LogP contribution is -2.48. The zero-order valence-electron chi connectivity index (χ0n) is 11.8. The number of hydrazine groups is 1. The number of hydrogen-bond donors (Lipinski definition) is 2. The van der Waals surface area contributed by atoms with Gasteiger partial charge in [0, 0.05) is 11.6 Å². The molecule has 108 valence electrons. The highest BCUT2D eigenvalue weighted by molar-refractivity contribution is 5.48. The first-order valence-electron chi connectivity index (χ1n) is 7.81. The van der Waals surface area contributed by atoms with Gasteiger partial charge in [-0.1, -0.05) is 0 Å². The van der Waals surface area contributed by atoms with E-state index >= 15 is 0 Å². The minimum Gasteiger partial charge on any atom is -0.489 e. The minimum absolute atomic E-state index is 0.427. The van der Waals surface area contributed by atoms with Crippen LogP contribution in [0, 0.1) is 23.2 Å². The maximum absolute atomic E-state index is 6.11. The molecule has 0 aromatic carbocycles. The first-order chi connectivity index (χ1) is 9.76. The third kappa shape index (κ3) is 2.06. The Morgan fingerprint density at radius 1 is 1.20 bits per heavy atom. The quantitative estimate of drug-likeness (QED) is 0.654. The lowest BCUT2D eigenvalue weighted by molar-refractivity contribution is -0.0744. The number of anilines is 1. The molecule has 1 aromatic rings. The fraction of sp³-hybridized carbons (Fsp3) is 0.688. The number of nitrogen functional groups attached to an aromatic ring is 1. The van der Waals surface area contributed by atoms with E-state index in [1.54, 1.807) is 6.20 Å². The van der Waals surface area contributed by atoms with Crippen molar-refractivity contribution in [1.29, 1.82) is 0 Å². The molecule has 4 aliphatic rings. The first kappa shape index (κ1) is 12.5. The van der Waals surface area contributed by atoms with Crippen molar-refractivity contribution in [2.45, 2.75) is 38.5 Å². The van der Waals surface area contributed by atoms with Crippen molar-refractivity contribution >= 4 is 5.82 Å². The van der Waals surface area contributed by atoms with E-state index in [9.17, 15) is 0 Å². The summed E-state index contributed by atoms with van der Waals surface area (Å²) in [6, 6.07) is 3.85. The van der Waals surface area contributed by atoms with Crippen LogP contribution in [0.2, 0.25) is 0 Å². The summed E-state index contributed by atoms with van der Waals surface area (Å²) in [6.07, 6.45) is 10.2. The van der Waals surface area contributed by atoms with Gasteiger partial charge in [-0.3, -0.25) is 0 Å². The Morgan fingerprint density at radius 2 is 1.85 bits per heavy atom. The highest BCUT2D eigenvalue weighted by atomic mass is 16.5. The molecule has 0 unspecified atom stereocenters. The summed E-state index contributed by atoms with van der Waals surface area (Å²) in [7, 11) is 0. The number of rotatable bonds is 4. The number of nitrogens with zero attached hydrogens (tertiary/aromatic N) is 1. The van der Waals surface area contributed by atoms with Crippen LogP contribution in [-0.2, 0) is 0 Å². The average Bonchev–Trinajstić information content (AvgIpc) is 2.44. The normalized spacial score (nSPS) is 38.0. The van der Waals surface area contributed by atoms with Crippen LogP contribution in [0.4, 0.5) is 5.82 Å². The van der Waals surface area contributed by atoms with Gasteiger partial charge in [0.15, 0.2) is 11.6 Å². The monoisotopic (exact) mass is 273 g/mol. The molecule has 4 heteroatoms. The molecule has 0 aliphatic heterocycles. The standard InChI is InChI=1S/C16H23N3O/c17-19-15-14(2-1-3-18-15)20-10-16-7-11-4-12(8-16)6-13(5-11)9-16/h1-3,11-13H,4-10,17H2,(H,18,19). The van der Waals surface area contributed by atoms with Gasteiger partial charge >= 0.3 is 0 Å². The fourth-order valence-electron chi connectivity index (χ4n) is 5.31. The van der Waals surface area contributed by atoms with Gasteiger partial charge < -0.3 is 10.2 Å². The molecular weight excluding hydrogens is 250 g/mol. The summed E-state index contributed by atoms with van der Waals surface area (Å²) < 4.78 is 6.11. The van der Waals surface area contributed by atoms with E-state index in [1.165, 1.54) is 38.5 Å². The average molecular weight is 273 g/mol. The zero-order valence-corrected chi connectivity index (χ0v) is 11.8. The molecule has 1 heterocycles. The number of aromatic nitrogens is 1. The van der Waals surface area contributed by atoms with E-state index in [1.807, 2.05) is 12.1 Å². The lowest BCUT2D eigenvalue weighted by Gasteiger charge is -2.56. The van der Waals surface area contributed by atoms with Crippen molar-refractivity contribution in [3.63, 3.8) is 0 Å². The summed E-state index contributed by atoms with van der Waals surface area (Å²) >= 11 is 0. The van der Waals surface area contributed by atoms with Crippen molar-refractivity contribution in [2.24, 2.45) is 29.0 Å². The topological polar surface area (TPSA) is 60.2 Å². The third-order valence-electron chi connectivity index (χ3n) is 5.61. The molecule has 0 saturated heterocycles. The van der Waals surface area contributed by atoms with Crippen LogP contribution in [0.25, 0.3) is 0 Å². The van der Waals surface area contributed by atoms with Crippen LogP contribution >= 0.6 is 0 Å². The van der Waals surface area contributed by atoms with Crippen molar-refractivity contribution in [3.05, 3.63) is 18.3 Å². The second-order valence-corrected chi connectivity index (χ2v) is 7.20. The molecule has 1 aromatic heterocycles. The number of ether oxygens (including phenoxy) is 1. The second kappa shape index (κ2) is 4.62. The third-order valence-corrected chi connectivity index (χ3v) is 5.61. The van der Waals surface area contributed by atoms with Gasteiger partial charge in [0.2, 0.25) is 0 Å². The minimum atomic E-state index is 0.427. The van der Waals surface area contributed by atoms with Crippen LogP contribution < -0.4 is 16.0 Å². The summed E-state index contributed by atoms with van der Waals surface area (Å²) in [6.45, 7) is 0.830. The lowest BCUT2D eigenvalue weighted by atomic mass is 9.50. The maximum Gasteiger partial charge on any atom is 0.182 e. The van der Waals surface area contributed by atoms with Crippen molar-refractivity contribution in [1.82, 2.24) is 4.98 Å². The molecule has 0 atom stereocenters. The largest absolute Gasteiger partial charge is 0.489 e. The van der Waals surface area contributed by atoms with Crippen LogP contribution in [-0.4, -0.2) is 11.6 Å². The van der Waals surface area contributed by atoms with Gasteiger partial charge in [-0.25, -0.2) is 10.8 Å². The highest BCUT2D eigenvalue weighted by Crippen LogP contribution is 2.60. The Hall–Kier alpha value is -1.29. The second-order valence-electron chi connectivity index (χ2n) is 7.20. The van der Waals surface area contributed by atoms with E-state index in [0.717, 1.165) is 30.1 Å². The molecule has 3 N–H and O–H groups in total. The Bertz CT molecular complexity index is 467. The summed E-state index contributed by atoms with van der Waals surface area (Å²) in [4.78, 5) is 4.20. The van der Waals surface area contributed by atoms with Gasteiger partial charge in [-0.2, -0.15) is 0 Å². The van der Waals surface area contributed by atoms with Gasteiger partial charge in [-0.05, 0) is 68.4 Å². The molecule has 20 heavy (non-hydrogen) atoms. The molecule has 0 radical (unpaired) electrons. The van der Waals surface area contributed by atoms with E-state index in [0.29, 0.717) is 11.2 Å². The Balaban J connectivity index is 1.49. The van der Waals surface area contributed by atoms with Gasteiger partial charge in [-0.15, -0.1) is 0 Å². The predicted molar refractivity (Wildman–Crippen MR) is 78.1 cm³/mol. The number of hydrogen-bond acceptors (Lipinski definition) is 4. The van der Waals surface area contributed by atoms with Crippen molar-refractivity contribution in [3.8, 4) is 5.75 Å². The Kier molecular flexibility index (Phi) is 2.88. The molecule has 5 rings (SSSR count). The molecule has 4 aliphatic carbocycles. The van der Waals surface area contributed by atoms with Crippen LogP contribution in [0.1, 0.15) is 38.5 Å². The van der Waals surface area contributed by atoms with Crippen LogP contribution in [0.3, 0.4) is 0 Å². The van der Waals surface area contributed by atoms with E-state index in [2.05, 4.69) is 10.4 Å². The molecule has 4 saturated carbocycles. The predicted octanol–water partition coefficient (Wildman–Crippen LogP) is 2.96. The molecule has 4 nitrogen and oxygen atoms in total. The molecular formula is C16H23N3O. The molecule has 0 amide bonds. The van der Waals surface area contributed by atoms with Crippen LogP contribution in [0.15, 0.2) is 18.3 Å². The fourth-order valence-corrected chi connectivity index (χ4v) is 5.31. The van der Waals surface area contributed by atoms with Gasteiger partial charge in [0.1, 0.15) is 0 Å². The maximum atomic E-state index is 6.11. The highest BCUT2D eigenvalue weighted by Gasteiger charge is 2.51. The number of nitrogens with one attached hydrogen (secondary N) is 1. The number of nitrogens with two attached hydrogens (primary N) is 1. The SMILES string of the molecule is NNc1ncccc1OCC12CC3CC(CC(C3)C1)C2. The molecule has 0 spiro atoms. The first-order valence-corrected chi connectivity index (χ1v) is 7.81. The molecule has 4 fully saturated rings. The van der Waals surface area contributed by atoms with E-state index in [4.69, 9.17) is 10.6 Å². The Morgan fingerprint density at radius 3 is 2.45 bits per heavy atom. The molecule has 4 bridgehead atoms. The van der Waals surface area contributed by atoms with Gasteiger partial charge in [0.05, 0.1) is 6.61 Å². The van der Waals surface area contributed by atoms with E-state index < -0.39 is 0 Å². The summed E-state index contributed by atoms with van der Waals surface area (Å²) in [5, 5.41) is 0. The number of pyridine rings is 1. The van der Waals surface area contributed by atoms with Crippen LogP contribution in [0.5, 0.6) is 5.75 Å². The summed E-state index contributed by atoms with van der Waals surface area (Å²) in [5.41, 5.74) is 3.05. The van der Waals surface area contributed by atoms with Crippen molar-refractivity contribution in [2.75, 3.05) is 12.0 Å². The van der Waals surface area contributed by atoms with Crippen molar-refractivity contribution < 1.29 is 4.74 Å². The smallest absolute Gasteiger partial charge is 0.182 e. The Labute approximate surface area is 120 Å².